The largest absolute Gasteiger partial charge is 0.379 e. The average molecular weight is 440 g/mol. The lowest BCUT2D eigenvalue weighted by Gasteiger charge is -2.32. The second-order valence-electron chi connectivity index (χ2n) is 7.94. The van der Waals surface area contributed by atoms with Crippen LogP contribution in [0.15, 0.2) is 0 Å². The van der Waals surface area contributed by atoms with E-state index in [-0.39, 0.29) is 6.04 Å². The molecule has 0 spiro atoms. The van der Waals surface area contributed by atoms with Gasteiger partial charge in [0, 0.05) is 37.1 Å². The molecule has 4 rings (SSSR count). The number of hydrogen-bond donors (Lipinski definition) is 1. The van der Waals surface area contributed by atoms with E-state index in [1.807, 2.05) is 0 Å². The number of fused-ring (bicyclic) bond motifs is 1. The molecule has 10 heteroatoms. The summed E-state index contributed by atoms with van der Waals surface area (Å²) in [5.41, 5.74) is 1.20. The van der Waals surface area contributed by atoms with Gasteiger partial charge in [-0.1, -0.05) is 0 Å². The van der Waals surface area contributed by atoms with E-state index in [1.54, 1.807) is 15.6 Å². The van der Waals surface area contributed by atoms with Crippen LogP contribution in [0.25, 0.3) is 10.2 Å². The number of nitrogens with zero attached hydrogens (tertiary/aromatic N) is 4. The van der Waals surface area contributed by atoms with Gasteiger partial charge in [0.1, 0.15) is 16.5 Å². The van der Waals surface area contributed by atoms with Crippen LogP contribution in [0.1, 0.15) is 29.1 Å². The minimum atomic E-state index is -3.18. The van der Waals surface area contributed by atoms with Crippen LogP contribution in [0.4, 0.5) is 5.82 Å². The molecule has 2 aliphatic heterocycles. The molecule has 0 aliphatic carbocycles. The topological polar surface area (TPSA) is 87.7 Å². The third-order valence-corrected chi connectivity index (χ3v) is 8.11. The number of anilines is 1. The predicted octanol–water partition coefficient (Wildman–Crippen LogP) is 1.98. The van der Waals surface area contributed by atoms with Gasteiger partial charge in [0.05, 0.1) is 31.4 Å². The number of piperidine rings is 1. The van der Waals surface area contributed by atoms with Gasteiger partial charge in [-0.2, -0.15) is 0 Å². The zero-order valence-corrected chi connectivity index (χ0v) is 18.9. The second-order valence-corrected chi connectivity index (χ2v) is 11.1. The molecule has 2 aromatic heterocycles. The van der Waals surface area contributed by atoms with E-state index in [4.69, 9.17) is 14.7 Å². The monoisotopic (exact) mass is 439 g/mol. The minimum Gasteiger partial charge on any atom is -0.379 e. The number of hydrogen-bond acceptors (Lipinski definition) is 8. The van der Waals surface area contributed by atoms with Crippen LogP contribution in [-0.2, 0) is 21.3 Å². The number of morpholine rings is 1. The fraction of sp³-hybridized carbons (Fsp3) is 0.684. The third kappa shape index (κ3) is 4.72. The molecule has 1 unspecified atom stereocenters. The van der Waals surface area contributed by atoms with Gasteiger partial charge in [-0.15, -0.1) is 11.3 Å². The van der Waals surface area contributed by atoms with Gasteiger partial charge >= 0.3 is 0 Å². The molecule has 0 radical (unpaired) electrons. The number of ether oxygens (including phenoxy) is 1. The molecule has 2 aromatic rings. The number of rotatable bonds is 5. The minimum absolute atomic E-state index is 0.0485. The summed E-state index contributed by atoms with van der Waals surface area (Å²) >= 11 is 1.70. The van der Waals surface area contributed by atoms with Crippen LogP contribution in [0, 0.1) is 13.8 Å². The molecule has 1 N–H and O–H groups in total. The summed E-state index contributed by atoms with van der Waals surface area (Å²) in [6.07, 6.45) is 3.06. The molecular weight excluding hydrogens is 410 g/mol. The quantitative estimate of drug-likeness (QED) is 0.762. The van der Waals surface area contributed by atoms with E-state index in [1.165, 1.54) is 16.7 Å². The lowest BCUT2D eigenvalue weighted by Crippen LogP contribution is -2.44. The maximum absolute atomic E-state index is 12.0. The summed E-state index contributed by atoms with van der Waals surface area (Å²) in [6, 6.07) is 0.0485. The highest BCUT2D eigenvalue weighted by Crippen LogP contribution is 2.34. The standard InChI is InChI=1S/C19H29N5O3S2/c1-13-14(2)28-19-17(13)18(20-15-5-4-6-24(11-15)29(3,25)26)21-16(22-19)12-23-7-9-27-10-8-23/h15H,4-12H2,1-3H3,(H,20,21,22). The molecule has 0 saturated carbocycles. The highest BCUT2D eigenvalue weighted by atomic mass is 32.2. The molecule has 29 heavy (non-hydrogen) atoms. The molecule has 1 atom stereocenters. The van der Waals surface area contributed by atoms with Gasteiger partial charge in [0.25, 0.3) is 0 Å². The Morgan fingerprint density at radius 2 is 1.97 bits per heavy atom. The van der Waals surface area contributed by atoms with Crippen molar-refractivity contribution in [2.24, 2.45) is 0 Å². The van der Waals surface area contributed by atoms with E-state index in [0.717, 1.165) is 61.0 Å². The lowest BCUT2D eigenvalue weighted by atomic mass is 10.1. The Kier molecular flexibility index (Phi) is 6.08. The summed E-state index contributed by atoms with van der Waals surface area (Å²) in [5.74, 6) is 1.64. The van der Waals surface area contributed by atoms with Crippen LogP contribution in [0.3, 0.4) is 0 Å². The first-order valence-electron chi connectivity index (χ1n) is 10.1. The molecule has 4 heterocycles. The average Bonchev–Trinajstić information content (AvgIpc) is 2.96. The van der Waals surface area contributed by atoms with Crippen LogP contribution in [0.2, 0.25) is 0 Å². The van der Waals surface area contributed by atoms with Crippen LogP contribution >= 0.6 is 11.3 Å². The molecule has 2 aliphatic rings. The number of thiophene rings is 1. The Balaban J connectivity index is 1.62. The second kappa shape index (κ2) is 8.43. The SMILES string of the molecule is Cc1sc2nc(CN3CCOCC3)nc(NC3CCCN(S(C)(=O)=O)C3)c2c1C. The van der Waals surface area contributed by atoms with Crippen molar-refractivity contribution in [1.82, 2.24) is 19.2 Å². The van der Waals surface area contributed by atoms with Crippen molar-refractivity contribution in [3.63, 3.8) is 0 Å². The molecule has 8 nitrogen and oxygen atoms in total. The molecule has 0 aromatic carbocycles. The Morgan fingerprint density at radius 1 is 1.21 bits per heavy atom. The fourth-order valence-corrected chi connectivity index (χ4v) is 5.94. The summed E-state index contributed by atoms with van der Waals surface area (Å²) in [5, 5.41) is 4.63. The zero-order valence-electron chi connectivity index (χ0n) is 17.3. The first-order valence-corrected chi connectivity index (χ1v) is 12.8. The maximum atomic E-state index is 12.0. The van der Waals surface area contributed by atoms with Gasteiger partial charge in [-0.05, 0) is 32.3 Å². The van der Waals surface area contributed by atoms with Crippen LogP contribution < -0.4 is 5.32 Å². The Labute approximate surface area is 176 Å². The van der Waals surface area contributed by atoms with Crippen LogP contribution in [-0.4, -0.2) is 79.3 Å². The Bertz CT molecular complexity index is 985. The molecule has 2 saturated heterocycles. The van der Waals surface area contributed by atoms with Crippen molar-refractivity contribution in [2.75, 3.05) is 51.0 Å². The molecule has 2 fully saturated rings. The normalized spacial score (nSPS) is 22.2. The Hall–Kier alpha value is -1.33. The summed E-state index contributed by atoms with van der Waals surface area (Å²) in [7, 11) is -3.18. The van der Waals surface area contributed by atoms with Crippen molar-refractivity contribution in [1.29, 1.82) is 0 Å². The first-order chi connectivity index (χ1) is 13.8. The van der Waals surface area contributed by atoms with Crippen molar-refractivity contribution >= 4 is 37.4 Å². The molecule has 160 valence electrons. The van der Waals surface area contributed by atoms with Crippen LogP contribution in [0.5, 0.6) is 0 Å². The fourth-order valence-electron chi connectivity index (χ4n) is 3.98. The highest BCUT2D eigenvalue weighted by Gasteiger charge is 2.27. The van der Waals surface area contributed by atoms with E-state index in [9.17, 15) is 8.42 Å². The van der Waals surface area contributed by atoms with Crippen molar-refractivity contribution < 1.29 is 13.2 Å². The van der Waals surface area contributed by atoms with Crippen molar-refractivity contribution in [3.05, 3.63) is 16.3 Å². The predicted molar refractivity (Wildman–Crippen MR) is 116 cm³/mol. The van der Waals surface area contributed by atoms with Gasteiger partial charge in [-0.25, -0.2) is 22.7 Å². The van der Waals surface area contributed by atoms with Crippen molar-refractivity contribution in [3.8, 4) is 0 Å². The highest BCUT2D eigenvalue weighted by molar-refractivity contribution is 7.88. The van der Waals surface area contributed by atoms with E-state index in [0.29, 0.717) is 19.6 Å². The number of aryl methyl sites for hydroxylation is 2. The molecule has 0 amide bonds. The van der Waals surface area contributed by atoms with E-state index >= 15 is 0 Å². The smallest absolute Gasteiger partial charge is 0.211 e. The van der Waals surface area contributed by atoms with Gasteiger partial charge in [0.2, 0.25) is 10.0 Å². The van der Waals surface area contributed by atoms with Gasteiger partial charge in [0.15, 0.2) is 0 Å². The number of aromatic nitrogens is 2. The Morgan fingerprint density at radius 3 is 2.69 bits per heavy atom. The van der Waals surface area contributed by atoms with E-state index in [2.05, 4.69) is 24.1 Å². The summed E-state index contributed by atoms with van der Waals surface area (Å²) in [6.45, 7) is 9.25. The van der Waals surface area contributed by atoms with Gasteiger partial charge in [-0.3, -0.25) is 4.90 Å². The number of sulfonamides is 1. The van der Waals surface area contributed by atoms with Crippen molar-refractivity contribution in [2.45, 2.75) is 39.3 Å². The zero-order chi connectivity index (χ0) is 20.6. The lowest BCUT2D eigenvalue weighted by molar-refractivity contribution is 0.0331. The summed E-state index contributed by atoms with van der Waals surface area (Å²) in [4.78, 5) is 14.3. The van der Waals surface area contributed by atoms with E-state index < -0.39 is 10.0 Å². The molecular formula is C19H29N5O3S2. The summed E-state index contributed by atoms with van der Waals surface area (Å²) < 4.78 is 31.0. The first kappa shape index (κ1) is 20.9. The number of nitrogens with one attached hydrogen (secondary N) is 1. The molecule has 0 bridgehead atoms. The van der Waals surface area contributed by atoms with Gasteiger partial charge < -0.3 is 10.1 Å². The maximum Gasteiger partial charge on any atom is 0.211 e. The third-order valence-electron chi connectivity index (χ3n) is 5.74.